The molecule has 0 spiro atoms. The fourth-order valence-corrected chi connectivity index (χ4v) is 3.22. The molecule has 3 rings (SSSR count). The number of methoxy groups -OCH3 is 1. The Kier molecular flexibility index (Phi) is 5.30. The minimum absolute atomic E-state index is 0.113. The number of nitrogens with two attached hydrogens (primary N) is 1. The van der Waals surface area contributed by atoms with E-state index in [1.165, 1.54) is 0 Å². The second kappa shape index (κ2) is 7.81. The molecule has 1 aliphatic rings. The number of fused-ring (bicyclic) bond motifs is 1. The van der Waals surface area contributed by atoms with E-state index in [0.29, 0.717) is 11.5 Å². The van der Waals surface area contributed by atoms with E-state index in [1.807, 2.05) is 12.1 Å². The van der Waals surface area contributed by atoms with Gasteiger partial charge in [-0.2, -0.15) is 10.5 Å². The van der Waals surface area contributed by atoms with Crippen molar-refractivity contribution in [2.45, 2.75) is 6.92 Å². The highest BCUT2D eigenvalue weighted by Gasteiger charge is 2.23. The Morgan fingerprint density at radius 1 is 1.33 bits per heavy atom. The third-order valence-corrected chi connectivity index (χ3v) is 4.48. The lowest BCUT2D eigenvalue weighted by Gasteiger charge is -2.31. The predicted octanol–water partition coefficient (Wildman–Crippen LogP) is 1.88. The Balaban J connectivity index is 2.24. The Morgan fingerprint density at radius 2 is 2.04 bits per heavy atom. The molecule has 0 bridgehead atoms. The fourth-order valence-electron chi connectivity index (χ4n) is 3.22. The van der Waals surface area contributed by atoms with Crippen molar-refractivity contribution in [2.24, 2.45) is 10.7 Å². The average molecular weight is 364 g/mol. The minimum Gasteiger partial charge on any atom is -0.495 e. The molecule has 1 saturated heterocycles. The SMILES string of the molecule is COc1c(C(C)=NC(N)=C(C#N)C#N)c(N2CCNCC2)cc2occc12. The first-order valence-corrected chi connectivity index (χ1v) is 8.50. The van der Waals surface area contributed by atoms with Gasteiger partial charge in [-0.15, -0.1) is 0 Å². The molecule has 0 amide bonds. The summed E-state index contributed by atoms with van der Waals surface area (Å²) in [5.74, 6) is 0.511. The first-order chi connectivity index (χ1) is 13.1. The number of nitrogens with one attached hydrogen (secondary N) is 1. The zero-order valence-electron chi connectivity index (χ0n) is 15.2. The number of piperazine rings is 1. The highest BCUT2D eigenvalue weighted by atomic mass is 16.5. The molecule has 8 heteroatoms. The molecule has 0 saturated carbocycles. The van der Waals surface area contributed by atoms with Crippen molar-refractivity contribution in [2.75, 3.05) is 38.2 Å². The summed E-state index contributed by atoms with van der Waals surface area (Å²) in [4.78, 5) is 6.55. The molecule has 1 aromatic heterocycles. The van der Waals surface area contributed by atoms with E-state index in [-0.39, 0.29) is 11.4 Å². The Morgan fingerprint density at radius 3 is 2.67 bits per heavy atom. The van der Waals surface area contributed by atoms with E-state index in [2.05, 4.69) is 15.2 Å². The predicted molar refractivity (Wildman–Crippen MR) is 102 cm³/mol. The van der Waals surface area contributed by atoms with Crippen molar-refractivity contribution < 1.29 is 9.15 Å². The van der Waals surface area contributed by atoms with E-state index in [0.717, 1.165) is 48.4 Å². The molecule has 27 heavy (non-hydrogen) atoms. The standard InChI is InChI=1S/C19H20N6O2/c1-12(24-19(22)13(10-20)11-21)17-15(25-6-4-23-5-7-25)9-16-14(3-8-27-16)18(17)26-2/h3,8-9,23H,4-7,22H2,1-2H3. The highest BCUT2D eigenvalue weighted by molar-refractivity contribution is 6.11. The van der Waals surface area contributed by atoms with E-state index in [9.17, 15) is 0 Å². The molecule has 0 unspecified atom stereocenters. The summed E-state index contributed by atoms with van der Waals surface area (Å²) in [5.41, 5.74) is 8.60. The molecule has 138 valence electrons. The molecule has 2 heterocycles. The summed E-state index contributed by atoms with van der Waals surface area (Å²) < 4.78 is 11.3. The fraction of sp³-hybridized carbons (Fsp3) is 0.316. The number of hydrogen-bond acceptors (Lipinski definition) is 8. The molecule has 0 radical (unpaired) electrons. The Bertz CT molecular complexity index is 984. The lowest BCUT2D eigenvalue weighted by molar-refractivity contribution is 0.418. The van der Waals surface area contributed by atoms with E-state index >= 15 is 0 Å². The third kappa shape index (κ3) is 3.43. The smallest absolute Gasteiger partial charge is 0.171 e. The zero-order chi connectivity index (χ0) is 19.4. The molecular formula is C19H20N6O2. The van der Waals surface area contributed by atoms with Gasteiger partial charge in [0.05, 0.1) is 35.7 Å². The molecular weight excluding hydrogens is 344 g/mol. The summed E-state index contributed by atoms with van der Waals surface area (Å²) in [5, 5.41) is 22.2. The first-order valence-electron chi connectivity index (χ1n) is 8.50. The molecule has 0 aliphatic carbocycles. The number of allylic oxidation sites excluding steroid dienone is 1. The van der Waals surface area contributed by atoms with Gasteiger partial charge in [-0.3, -0.25) is 0 Å². The van der Waals surface area contributed by atoms with Crippen LogP contribution in [0.5, 0.6) is 5.75 Å². The van der Waals surface area contributed by atoms with Crippen molar-refractivity contribution in [1.82, 2.24) is 5.32 Å². The van der Waals surface area contributed by atoms with E-state index < -0.39 is 0 Å². The topological polar surface area (TPSA) is 124 Å². The number of anilines is 1. The van der Waals surface area contributed by atoms with Crippen LogP contribution in [-0.4, -0.2) is 39.0 Å². The number of rotatable bonds is 4. The summed E-state index contributed by atoms with van der Waals surface area (Å²) in [6.45, 7) is 5.16. The number of nitrogens with zero attached hydrogens (tertiary/aromatic N) is 4. The molecule has 8 nitrogen and oxygen atoms in total. The van der Waals surface area contributed by atoms with Gasteiger partial charge in [0.15, 0.2) is 11.4 Å². The number of aliphatic imine (C=N–C) groups is 1. The van der Waals surface area contributed by atoms with Gasteiger partial charge in [0.1, 0.15) is 23.5 Å². The van der Waals surface area contributed by atoms with Crippen LogP contribution in [0.3, 0.4) is 0 Å². The van der Waals surface area contributed by atoms with Crippen LogP contribution in [0, 0.1) is 22.7 Å². The number of furan rings is 1. The van der Waals surface area contributed by atoms with Crippen molar-refractivity contribution in [1.29, 1.82) is 10.5 Å². The molecule has 0 atom stereocenters. The van der Waals surface area contributed by atoms with Gasteiger partial charge in [-0.1, -0.05) is 0 Å². The lowest BCUT2D eigenvalue weighted by atomic mass is 10.0. The van der Waals surface area contributed by atoms with Crippen molar-refractivity contribution in [3.05, 3.63) is 35.4 Å². The second-order valence-corrected chi connectivity index (χ2v) is 6.05. The summed E-state index contributed by atoms with van der Waals surface area (Å²) in [7, 11) is 1.59. The molecule has 1 aromatic carbocycles. The van der Waals surface area contributed by atoms with E-state index in [1.54, 1.807) is 32.4 Å². The maximum Gasteiger partial charge on any atom is 0.171 e. The highest BCUT2D eigenvalue weighted by Crippen LogP contribution is 2.39. The first kappa shape index (κ1) is 18.3. The van der Waals surface area contributed by atoms with Gasteiger partial charge in [0.2, 0.25) is 0 Å². The molecule has 3 N–H and O–H groups in total. The maximum absolute atomic E-state index is 9.02. The minimum atomic E-state index is -0.221. The normalized spacial score (nSPS) is 14.5. The molecule has 1 fully saturated rings. The Hall–Kier alpha value is -3.49. The average Bonchev–Trinajstić information content (AvgIpc) is 3.16. The van der Waals surface area contributed by atoms with Crippen LogP contribution in [-0.2, 0) is 0 Å². The molecule has 1 aliphatic heterocycles. The molecule has 2 aromatic rings. The largest absolute Gasteiger partial charge is 0.495 e. The third-order valence-electron chi connectivity index (χ3n) is 4.48. The van der Waals surface area contributed by atoms with Crippen molar-refractivity contribution in [3.63, 3.8) is 0 Å². The second-order valence-electron chi connectivity index (χ2n) is 6.05. The number of hydrogen-bond donors (Lipinski definition) is 2. The van der Waals surface area contributed by atoms with Crippen LogP contribution < -0.4 is 20.7 Å². The number of nitriles is 2. The summed E-state index contributed by atoms with van der Waals surface area (Å²) >= 11 is 0. The van der Waals surface area contributed by atoms with Gasteiger partial charge >= 0.3 is 0 Å². The van der Waals surface area contributed by atoms with Crippen LogP contribution >= 0.6 is 0 Å². The van der Waals surface area contributed by atoms with Gasteiger partial charge < -0.3 is 25.1 Å². The van der Waals surface area contributed by atoms with Crippen LogP contribution in [0.1, 0.15) is 12.5 Å². The van der Waals surface area contributed by atoms with Crippen LogP contribution in [0.25, 0.3) is 11.0 Å². The summed E-state index contributed by atoms with van der Waals surface area (Å²) in [6.07, 6.45) is 1.61. The number of benzene rings is 1. The van der Waals surface area contributed by atoms with E-state index in [4.69, 9.17) is 25.4 Å². The van der Waals surface area contributed by atoms with Crippen LogP contribution in [0.4, 0.5) is 5.69 Å². The number of ether oxygens (including phenoxy) is 1. The van der Waals surface area contributed by atoms with Crippen molar-refractivity contribution >= 4 is 22.4 Å². The van der Waals surface area contributed by atoms with Crippen LogP contribution in [0.15, 0.2) is 39.2 Å². The monoisotopic (exact) mass is 364 g/mol. The van der Waals surface area contributed by atoms with Crippen molar-refractivity contribution in [3.8, 4) is 17.9 Å². The lowest BCUT2D eigenvalue weighted by Crippen LogP contribution is -2.44. The van der Waals surface area contributed by atoms with Gasteiger partial charge in [0.25, 0.3) is 0 Å². The zero-order valence-corrected chi connectivity index (χ0v) is 15.2. The summed E-state index contributed by atoms with van der Waals surface area (Å²) in [6, 6.07) is 7.32. The van der Waals surface area contributed by atoms with Gasteiger partial charge in [-0.25, -0.2) is 4.99 Å². The van der Waals surface area contributed by atoms with Gasteiger partial charge in [-0.05, 0) is 13.0 Å². The van der Waals surface area contributed by atoms with Gasteiger partial charge in [0, 0.05) is 32.2 Å². The van der Waals surface area contributed by atoms with Crippen LogP contribution in [0.2, 0.25) is 0 Å². The maximum atomic E-state index is 9.02. The Labute approximate surface area is 157 Å². The quantitative estimate of drug-likeness (QED) is 0.627.